The van der Waals surface area contributed by atoms with Gasteiger partial charge in [0.15, 0.2) is 0 Å². The molecule has 0 aliphatic heterocycles. The van der Waals surface area contributed by atoms with Gasteiger partial charge in [-0.1, -0.05) is 18.6 Å². The van der Waals surface area contributed by atoms with E-state index < -0.39 is 0 Å². The molecule has 1 N–H and O–H groups in total. The summed E-state index contributed by atoms with van der Waals surface area (Å²) in [5, 5.41) is 3.86. The zero-order chi connectivity index (χ0) is 12.1. The fourth-order valence-corrected chi connectivity index (χ4v) is 2.74. The summed E-state index contributed by atoms with van der Waals surface area (Å²) >= 11 is 6.24. The largest absolute Gasteiger partial charge is 0.497 e. The Labute approximate surface area is 108 Å². The second kappa shape index (κ2) is 6.27. The van der Waals surface area contributed by atoms with Crippen LogP contribution in [0.4, 0.5) is 0 Å². The Hall–Kier alpha value is -0.730. The number of hydrogen-bond acceptors (Lipinski definition) is 2. The van der Waals surface area contributed by atoms with E-state index in [2.05, 4.69) is 17.4 Å². The Bertz CT molecular complexity index is 339. The van der Waals surface area contributed by atoms with E-state index in [0.717, 1.165) is 18.8 Å². The number of alkyl halides is 1. The van der Waals surface area contributed by atoms with Crippen LogP contribution < -0.4 is 10.1 Å². The van der Waals surface area contributed by atoms with E-state index in [1.54, 1.807) is 7.11 Å². The molecule has 1 aromatic rings. The molecule has 0 spiro atoms. The molecule has 2 atom stereocenters. The first-order valence-electron chi connectivity index (χ1n) is 6.27. The maximum absolute atomic E-state index is 6.24. The topological polar surface area (TPSA) is 21.3 Å². The van der Waals surface area contributed by atoms with Crippen molar-refractivity contribution in [3.63, 3.8) is 0 Å². The third kappa shape index (κ3) is 3.62. The Morgan fingerprint density at radius 1 is 1.29 bits per heavy atom. The highest BCUT2D eigenvalue weighted by atomic mass is 35.5. The van der Waals surface area contributed by atoms with Gasteiger partial charge in [0, 0.05) is 11.9 Å². The van der Waals surface area contributed by atoms with Crippen LogP contribution in [0.25, 0.3) is 0 Å². The van der Waals surface area contributed by atoms with Crippen LogP contribution >= 0.6 is 11.6 Å². The molecule has 1 saturated carbocycles. The SMILES string of the molecule is COc1ccc(CNCC2CCCC2Cl)cc1. The van der Waals surface area contributed by atoms with Crippen molar-refractivity contribution in [2.24, 2.45) is 5.92 Å². The van der Waals surface area contributed by atoms with E-state index in [0.29, 0.717) is 11.3 Å². The van der Waals surface area contributed by atoms with Gasteiger partial charge in [-0.2, -0.15) is 0 Å². The van der Waals surface area contributed by atoms with Crippen molar-refractivity contribution in [3.05, 3.63) is 29.8 Å². The molecule has 17 heavy (non-hydrogen) atoms. The predicted molar refractivity (Wildman–Crippen MR) is 71.7 cm³/mol. The summed E-state index contributed by atoms with van der Waals surface area (Å²) in [4.78, 5) is 0. The zero-order valence-corrected chi connectivity index (χ0v) is 11.0. The molecule has 0 saturated heterocycles. The minimum Gasteiger partial charge on any atom is -0.497 e. The van der Waals surface area contributed by atoms with E-state index in [1.165, 1.54) is 24.8 Å². The minimum atomic E-state index is 0.373. The van der Waals surface area contributed by atoms with Gasteiger partial charge >= 0.3 is 0 Å². The number of methoxy groups -OCH3 is 1. The average molecular weight is 254 g/mol. The van der Waals surface area contributed by atoms with Crippen LogP contribution in [-0.4, -0.2) is 19.0 Å². The van der Waals surface area contributed by atoms with Crippen LogP contribution in [0.3, 0.4) is 0 Å². The lowest BCUT2D eigenvalue weighted by Crippen LogP contribution is -2.25. The first kappa shape index (κ1) is 12.7. The summed E-state index contributed by atoms with van der Waals surface area (Å²) in [5.74, 6) is 1.56. The maximum atomic E-state index is 6.24. The lowest BCUT2D eigenvalue weighted by Gasteiger charge is -2.14. The van der Waals surface area contributed by atoms with Gasteiger partial charge in [0.1, 0.15) is 5.75 Å². The predicted octanol–water partition coefficient (Wildman–Crippen LogP) is 3.19. The quantitative estimate of drug-likeness (QED) is 0.814. The third-order valence-corrected chi connectivity index (χ3v) is 4.04. The van der Waals surface area contributed by atoms with Crippen molar-refractivity contribution < 1.29 is 4.74 Å². The smallest absolute Gasteiger partial charge is 0.118 e. The molecule has 0 heterocycles. The van der Waals surface area contributed by atoms with Crippen LogP contribution in [0.15, 0.2) is 24.3 Å². The molecule has 1 fully saturated rings. The number of benzene rings is 1. The van der Waals surface area contributed by atoms with Crippen LogP contribution in [0, 0.1) is 5.92 Å². The summed E-state index contributed by atoms with van der Waals surface area (Å²) in [7, 11) is 1.69. The standard InChI is InChI=1S/C14H20ClNO/c1-17-13-7-5-11(6-8-13)9-16-10-12-3-2-4-14(12)15/h5-8,12,14,16H,2-4,9-10H2,1H3. The van der Waals surface area contributed by atoms with E-state index in [1.807, 2.05) is 12.1 Å². The average Bonchev–Trinajstić information content (AvgIpc) is 2.76. The highest BCUT2D eigenvalue weighted by Crippen LogP contribution is 2.29. The molecule has 2 unspecified atom stereocenters. The highest BCUT2D eigenvalue weighted by molar-refractivity contribution is 6.20. The highest BCUT2D eigenvalue weighted by Gasteiger charge is 2.24. The number of ether oxygens (including phenoxy) is 1. The zero-order valence-electron chi connectivity index (χ0n) is 10.3. The van der Waals surface area contributed by atoms with Crippen molar-refractivity contribution in [1.29, 1.82) is 0 Å². The first-order valence-corrected chi connectivity index (χ1v) is 6.71. The molecule has 0 radical (unpaired) electrons. The van der Waals surface area contributed by atoms with E-state index in [9.17, 15) is 0 Å². The molecule has 1 aliphatic carbocycles. The minimum absolute atomic E-state index is 0.373. The molecule has 0 aromatic heterocycles. The summed E-state index contributed by atoms with van der Waals surface area (Å²) in [6.07, 6.45) is 3.73. The maximum Gasteiger partial charge on any atom is 0.118 e. The lowest BCUT2D eigenvalue weighted by molar-refractivity contribution is 0.414. The van der Waals surface area contributed by atoms with Crippen LogP contribution in [-0.2, 0) is 6.54 Å². The van der Waals surface area contributed by atoms with Crippen molar-refractivity contribution >= 4 is 11.6 Å². The Morgan fingerprint density at radius 2 is 2.06 bits per heavy atom. The molecule has 1 aromatic carbocycles. The Morgan fingerprint density at radius 3 is 2.65 bits per heavy atom. The van der Waals surface area contributed by atoms with Gasteiger partial charge < -0.3 is 10.1 Å². The molecule has 3 heteroatoms. The van der Waals surface area contributed by atoms with Gasteiger partial charge in [0.05, 0.1) is 7.11 Å². The lowest BCUT2D eigenvalue weighted by atomic mass is 10.1. The van der Waals surface area contributed by atoms with Crippen LogP contribution in [0.1, 0.15) is 24.8 Å². The van der Waals surface area contributed by atoms with E-state index in [4.69, 9.17) is 16.3 Å². The fourth-order valence-electron chi connectivity index (χ4n) is 2.37. The van der Waals surface area contributed by atoms with Crippen LogP contribution in [0.2, 0.25) is 0 Å². The monoisotopic (exact) mass is 253 g/mol. The van der Waals surface area contributed by atoms with Gasteiger partial charge in [-0.15, -0.1) is 11.6 Å². The summed E-state index contributed by atoms with van der Waals surface area (Å²) in [5.41, 5.74) is 1.29. The molecule has 2 nitrogen and oxygen atoms in total. The van der Waals surface area contributed by atoms with Crippen molar-refractivity contribution in [2.45, 2.75) is 31.2 Å². The Balaban J connectivity index is 1.73. The number of nitrogens with one attached hydrogen (secondary N) is 1. The Kier molecular flexibility index (Phi) is 4.69. The summed E-state index contributed by atoms with van der Waals surface area (Å²) < 4.78 is 5.13. The van der Waals surface area contributed by atoms with Gasteiger partial charge in [-0.05, 0) is 43.0 Å². The summed E-state index contributed by atoms with van der Waals surface area (Å²) in [6.45, 7) is 1.93. The molecular weight excluding hydrogens is 234 g/mol. The van der Waals surface area contributed by atoms with Gasteiger partial charge in [-0.3, -0.25) is 0 Å². The van der Waals surface area contributed by atoms with Crippen molar-refractivity contribution in [2.75, 3.05) is 13.7 Å². The molecule has 2 rings (SSSR count). The normalized spacial score (nSPS) is 23.9. The molecular formula is C14H20ClNO. The van der Waals surface area contributed by atoms with Gasteiger partial charge in [0.2, 0.25) is 0 Å². The third-order valence-electron chi connectivity index (χ3n) is 3.46. The van der Waals surface area contributed by atoms with Crippen molar-refractivity contribution in [3.8, 4) is 5.75 Å². The molecule has 1 aliphatic rings. The van der Waals surface area contributed by atoms with Crippen LogP contribution in [0.5, 0.6) is 5.75 Å². The molecule has 0 amide bonds. The van der Waals surface area contributed by atoms with Gasteiger partial charge in [-0.25, -0.2) is 0 Å². The molecule has 0 bridgehead atoms. The van der Waals surface area contributed by atoms with Crippen molar-refractivity contribution in [1.82, 2.24) is 5.32 Å². The second-order valence-corrected chi connectivity index (χ2v) is 5.25. The number of halogens is 1. The fraction of sp³-hybridized carbons (Fsp3) is 0.571. The van der Waals surface area contributed by atoms with E-state index in [-0.39, 0.29) is 0 Å². The number of rotatable bonds is 5. The van der Waals surface area contributed by atoms with E-state index >= 15 is 0 Å². The number of hydrogen-bond donors (Lipinski definition) is 1. The first-order chi connectivity index (χ1) is 8.29. The summed E-state index contributed by atoms with van der Waals surface area (Å²) in [6, 6.07) is 8.19. The van der Waals surface area contributed by atoms with Gasteiger partial charge in [0.25, 0.3) is 0 Å². The molecule has 94 valence electrons. The second-order valence-electron chi connectivity index (χ2n) is 4.69.